The van der Waals surface area contributed by atoms with Gasteiger partial charge in [0.2, 0.25) is 0 Å². The highest BCUT2D eigenvalue weighted by Crippen LogP contribution is 2.36. The maximum absolute atomic E-state index is 2.43. The van der Waals surface area contributed by atoms with Crippen LogP contribution in [0.4, 0.5) is 0 Å². The Kier molecular flexibility index (Phi) is 22.7. The van der Waals surface area contributed by atoms with Gasteiger partial charge in [-0.1, -0.05) is 46.0 Å². The highest BCUT2D eigenvalue weighted by Gasteiger charge is 2.24. The SMILES string of the molecule is C[B]B([B]B([B][B][B]B(C)SSSC)SSSC)SSSC. The minimum absolute atomic E-state index is 0.440. The quantitative estimate of drug-likeness (QED) is 0.245. The van der Waals surface area contributed by atoms with Crippen LogP contribution in [0, 0.1) is 0 Å². The van der Waals surface area contributed by atoms with Crippen molar-refractivity contribution in [1.82, 2.24) is 0 Å². The van der Waals surface area contributed by atoms with Crippen molar-refractivity contribution in [3.8, 4) is 0 Å². The molecule has 0 N–H and O–H groups in total. The lowest BCUT2D eigenvalue weighted by Gasteiger charge is -2.16. The van der Waals surface area contributed by atoms with E-state index in [1.165, 1.54) is 0 Å². The van der Waals surface area contributed by atoms with E-state index >= 15 is 0 Å². The second-order valence-electron chi connectivity index (χ2n) is 3.73. The first-order valence-electron chi connectivity index (χ1n) is 6.42. The highest BCUT2D eigenvalue weighted by molar-refractivity contribution is 9.17. The van der Waals surface area contributed by atoms with Crippen molar-refractivity contribution in [3.05, 3.63) is 0 Å². The highest BCUT2D eigenvalue weighted by atomic mass is 33.5. The maximum atomic E-state index is 2.43. The van der Waals surface area contributed by atoms with Gasteiger partial charge in [0, 0.05) is 21.2 Å². The molecular formula is C5H15B8S9. The third-order valence-electron chi connectivity index (χ3n) is 2.09. The zero-order valence-corrected chi connectivity index (χ0v) is 20.6. The second kappa shape index (κ2) is 19.4. The number of hydrogen-bond acceptors (Lipinski definition) is 9. The molecule has 0 aliphatic rings. The molecule has 0 rings (SSSR count). The fourth-order valence-electron chi connectivity index (χ4n) is 1.15. The monoisotopic (exact) mass is 451 g/mol. The zero-order valence-electron chi connectivity index (χ0n) is 13.3. The summed E-state index contributed by atoms with van der Waals surface area (Å²) in [5.41, 5.74) is 0. The molecule has 0 aromatic heterocycles. The van der Waals surface area contributed by atoms with E-state index in [0.717, 1.165) is 0 Å². The minimum atomic E-state index is 0.440. The lowest BCUT2D eigenvalue weighted by Crippen LogP contribution is -2.43. The van der Waals surface area contributed by atoms with E-state index in [4.69, 9.17) is 0 Å². The summed E-state index contributed by atoms with van der Waals surface area (Å²) in [5.74, 6) is 1.47. The molecule has 17 heteroatoms. The predicted molar refractivity (Wildman–Crippen MR) is 144 cm³/mol. The van der Waals surface area contributed by atoms with Crippen molar-refractivity contribution < 1.29 is 0 Å². The van der Waals surface area contributed by atoms with Crippen LogP contribution in [0.5, 0.6) is 0 Å². The standard InChI is InChI=1S/C5H15B8S9/c1-6-12(18-21-15-4)10-13(19-22-16-5)9-7-8-11(2)17-20-14-3/h1-5H3. The van der Waals surface area contributed by atoms with Gasteiger partial charge < -0.3 is 0 Å². The first kappa shape index (κ1) is 25.7. The van der Waals surface area contributed by atoms with Gasteiger partial charge in [-0.25, -0.2) is 0 Å². The van der Waals surface area contributed by atoms with Crippen LogP contribution in [0.25, 0.3) is 0 Å². The van der Waals surface area contributed by atoms with Crippen molar-refractivity contribution >= 4 is 147 Å². The Bertz CT molecular complexity index is 242. The first-order valence-corrected chi connectivity index (χ1v) is 18.3. The molecule has 0 atom stereocenters. The Balaban J connectivity index is 4.09. The van der Waals surface area contributed by atoms with Crippen LogP contribution in [0.1, 0.15) is 0 Å². The van der Waals surface area contributed by atoms with Crippen LogP contribution in [0.3, 0.4) is 0 Å². The Morgan fingerprint density at radius 1 is 0.727 bits per heavy atom. The van der Waals surface area contributed by atoms with Crippen molar-refractivity contribution in [2.45, 2.75) is 13.6 Å². The molecule has 0 nitrogen and oxygen atoms in total. The van der Waals surface area contributed by atoms with Gasteiger partial charge in [0.1, 0.15) is 11.5 Å². The fraction of sp³-hybridized carbons (Fsp3) is 1.00. The van der Waals surface area contributed by atoms with Gasteiger partial charge in [0.25, 0.3) is 0 Å². The predicted octanol–water partition coefficient (Wildman–Crippen LogP) is 4.45. The largest absolute Gasteiger partial charge is 0.171 e. The van der Waals surface area contributed by atoms with E-state index in [9.17, 15) is 0 Å². The first-order chi connectivity index (χ1) is 10.7. The molecule has 113 valence electrons. The molecule has 0 amide bonds. The molecular weight excluding hydrogens is 435 g/mol. The summed E-state index contributed by atoms with van der Waals surface area (Å²) in [5, 5.41) is 0. The molecule has 0 saturated carbocycles. The summed E-state index contributed by atoms with van der Waals surface area (Å²) in [6.45, 7) is 4.39. The molecule has 0 aromatic rings. The third-order valence-corrected chi connectivity index (χ3v) is 14.4. The molecule has 0 saturated heterocycles. The number of rotatable bonds is 16. The van der Waals surface area contributed by atoms with E-state index in [1.54, 1.807) is 0 Å². The zero-order chi connectivity index (χ0) is 16.6. The van der Waals surface area contributed by atoms with Crippen LogP contribution in [0.2, 0.25) is 13.6 Å². The lowest BCUT2D eigenvalue weighted by molar-refractivity contribution is 2.35. The summed E-state index contributed by atoms with van der Waals surface area (Å²) in [4.78, 5) is 0. The van der Waals surface area contributed by atoms with Crippen molar-refractivity contribution in [2.24, 2.45) is 0 Å². The second-order valence-corrected chi connectivity index (χ2v) is 17.2. The van der Waals surface area contributed by atoms with Crippen LogP contribution >= 0.6 is 93.8 Å². The molecule has 0 bridgehead atoms. The van der Waals surface area contributed by atoms with Crippen LogP contribution in [-0.2, 0) is 0 Å². The van der Waals surface area contributed by atoms with Crippen molar-refractivity contribution in [1.29, 1.82) is 0 Å². The molecule has 0 unspecified atom stereocenters. The molecule has 22 heavy (non-hydrogen) atoms. The molecule has 0 aliphatic carbocycles. The van der Waals surface area contributed by atoms with Crippen molar-refractivity contribution in [3.63, 3.8) is 0 Å². The third kappa shape index (κ3) is 15.9. The van der Waals surface area contributed by atoms with E-state index in [2.05, 4.69) is 67.8 Å². The summed E-state index contributed by atoms with van der Waals surface area (Å²) in [6.07, 6.45) is 6.37. The van der Waals surface area contributed by atoms with E-state index < -0.39 is 0 Å². The van der Waals surface area contributed by atoms with Gasteiger partial charge in [0.15, 0.2) is 5.88 Å². The summed E-state index contributed by atoms with van der Waals surface area (Å²) in [6, 6.07) is 0. The van der Waals surface area contributed by atoms with Gasteiger partial charge in [0.05, 0.1) is 14.2 Å². The fourth-order valence-corrected chi connectivity index (χ4v) is 10.3. The van der Waals surface area contributed by atoms with E-state index in [-0.39, 0.29) is 0 Å². The molecule has 0 spiro atoms. The van der Waals surface area contributed by atoms with Crippen LogP contribution in [-0.4, -0.2) is 71.6 Å². The molecule has 0 aromatic carbocycles. The molecule has 0 aliphatic heterocycles. The Morgan fingerprint density at radius 3 is 1.82 bits per heavy atom. The summed E-state index contributed by atoms with van der Waals surface area (Å²) >= 11 is 0. The molecule has 0 fully saturated rings. The number of hydrogen-bond donors (Lipinski definition) is 0. The smallest absolute Gasteiger partial charge is 0.156 e. The molecule has 0 heterocycles. The van der Waals surface area contributed by atoms with Crippen LogP contribution in [0.15, 0.2) is 0 Å². The molecule has 5 radical (unpaired) electrons. The Labute approximate surface area is 177 Å². The Hall–Kier alpha value is 3.67. The summed E-state index contributed by atoms with van der Waals surface area (Å²) < 4.78 is 0. The average Bonchev–Trinajstić information content (AvgIpc) is 2.53. The lowest BCUT2D eigenvalue weighted by atomic mass is 8.90. The summed E-state index contributed by atoms with van der Waals surface area (Å²) in [7, 11) is 28.3. The van der Waals surface area contributed by atoms with Gasteiger partial charge >= 0.3 is 0 Å². The van der Waals surface area contributed by atoms with Crippen molar-refractivity contribution in [2.75, 3.05) is 18.8 Å². The topological polar surface area (TPSA) is 0 Å². The Morgan fingerprint density at radius 2 is 1.27 bits per heavy atom. The minimum Gasteiger partial charge on any atom is -0.156 e. The van der Waals surface area contributed by atoms with Crippen LogP contribution < -0.4 is 0 Å². The van der Waals surface area contributed by atoms with E-state index in [1.807, 2.05) is 93.8 Å². The van der Waals surface area contributed by atoms with Gasteiger partial charge in [-0.05, 0) is 48.2 Å². The van der Waals surface area contributed by atoms with Gasteiger partial charge in [-0.2, -0.15) is 21.3 Å². The van der Waals surface area contributed by atoms with Gasteiger partial charge in [-0.15, -0.1) is 10.6 Å². The normalized spacial score (nSPS) is 9.86. The van der Waals surface area contributed by atoms with Gasteiger partial charge in [-0.3, -0.25) is 0 Å². The maximum Gasteiger partial charge on any atom is 0.171 e. The van der Waals surface area contributed by atoms with E-state index in [0.29, 0.717) is 17.4 Å². The average molecular weight is 450 g/mol.